The van der Waals surface area contributed by atoms with Crippen molar-refractivity contribution in [1.29, 1.82) is 0 Å². The Hall–Kier alpha value is -1.84. The smallest absolute Gasteiger partial charge is 0.311 e. The first kappa shape index (κ1) is 22.2. The Balaban J connectivity index is 2.97. The van der Waals surface area contributed by atoms with Crippen LogP contribution in [-0.4, -0.2) is 11.9 Å². The van der Waals surface area contributed by atoms with Gasteiger partial charge in [-0.15, -0.1) is 0 Å². The number of rotatable bonds is 10. The van der Waals surface area contributed by atoms with Gasteiger partial charge in [0.15, 0.2) is 11.5 Å². The molecular weight excluding hydrogens is 328 g/mol. The van der Waals surface area contributed by atoms with E-state index in [1.165, 1.54) is 0 Å². The van der Waals surface area contributed by atoms with Crippen LogP contribution in [0.2, 0.25) is 0 Å². The van der Waals surface area contributed by atoms with Gasteiger partial charge < -0.3 is 9.47 Å². The number of ether oxygens (including phenoxy) is 2. The number of hydrogen-bond acceptors (Lipinski definition) is 4. The fourth-order valence-corrected chi connectivity index (χ4v) is 2.51. The van der Waals surface area contributed by atoms with E-state index in [1.807, 2.05) is 12.1 Å². The molecule has 4 heteroatoms. The monoisotopic (exact) mass is 362 g/mol. The number of hydrogen-bond donors (Lipinski definition) is 0. The maximum absolute atomic E-state index is 12.2. The minimum atomic E-state index is -0.292. The summed E-state index contributed by atoms with van der Waals surface area (Å²) in [5, 5.41) is 0. The molecule has 1 aromatic carbocycles. The summed E-state index contributed by atoms with van der Waals surface area (Å²) in [6.07, 6.45) is 3.01. The van der Waals surface area contributed by atoms with Crippen molar-refractivity contribution in [3.63, 3.8) is 0 Å². The molecule has 4 nitrogen and oxygen atoms in total. The molecule has 146 valence electrons. The molecule has 0 aromatic heterocycles. The Kier molecular flexibility index (Phi) is 9.39. The molecule has 0 spiro atoms. The van der Waals surface area contributed by atoms with Crippen molar-refractivity contribution >= 4 is 11.9 Å². The first-order valence-electron chi connectivity index (χ1n) is 9.72. The van der Waals surface area contributed by atoms with Gasteiger partial charge in [-0.1, -0.05) is 53.7 Å². The van der Waals surface area contributed by atoms with Crippen LogP contribution in [-0.2, 0) is 16.0 Å². The molecule has 0 heterocycles. The van der Waals surface area contributed by atoms with Crippen LogP contribution >= 0.6 is 0 Å². The highest BCUT2D eigenvalue weighted by molar-refractivity contribution is 5.76. The average molecular weight is 363 g/mol. The number of carbonyl (C=O) groups is 2. The van der Waals surface area contributed by atoms with E-state index in [0.717, 1.165) is 24.8 Å². The zero-order valence-corrected chi connectivity index (χ0v) is 17.1. The van der Waals surface area contributed by atoms with Crippen molar-refractivity contribution in [1.82, 2.24) is 0 Å². The van der Waals surface area contributed by atoms with Crippen molar-refractivity contribution in [3.8, 4) is 11.5 Å². The SMILES string of the molecule is CC(C)CCC(=O)Oc1cccc(CC(C)C)c1OC(=O)CCC(C)C. The van der Waals surface area contributed by atoms with Crippen LogP contribution in [0.4, 0.5) is 0 Å². The van der Waals surface area contributed by atoms with Gasteiger partial charge in [0.1, 0.15) is 0 Å². The minimum absolute atomic E-state index is 0.283. The van der Waals surface area contributed by atoms with Gasteiger partial charge in [-0.2, -0.15) is 0 Å². The summed E-state index contributed by atoms with van der Waals surface area (Å²) >= 11 is 0. The maximum Gasteiger partial charge on any atom is 0.311 e. The highest BCUT2D eigenvalue weighted by atomic mass is 16.6. The second-order valence-corrected chi connectivity index (χ2v) is 8.16. The van der Waals surface area contributed by atoms with E-state index >= 15 is 0 Å². The Bertz CT molecular complexity index is 588. The molecule has 0 bridgehead atoms. The van der Waals surface area contributed by atoms with E-state index in [1.54, 1.807) is 6.07 Å². The Labute approximate surface area is 158 Å². The molecule has 0 saturated heterocycles. The number of esters is 2. The van der Waals surface area contributed by atoms with Crippen molar-refractivity contribution < 1.29 is 19.1 Å². The fraction of sp³-hybridized carbons (Fsp3) is 0.636. The van der Waals surface area contributed by atoms with Crippen molar-refractivity contribution in [2.75, 3.05) is 0 Å². The molecule has 0 atom stereocenters. The summed E-state index contributed by atoms with van der Waals surface area (Å²) < 4.78 is 11.2. The van der Waals surface area contributed by atoms with Crippen molar-refractivity contribution in [2.45, 2.75) is 73.6 Å². The molecule has 0 aliphatic heterocycles. The third kappa shape index (κ3) is 8.50. The molecular formula is C22H34O4. The summed E-state index contributed by atoms with van der Waals surface area (Å²) in [5.41, 5.74) is 0.895. The Morgan fingerprint density at radius 1 is 0.808 bits per heavy atom. The zero-order valence-electron chi connectivity index (χ0n) is 17.1. The third-order valence-corrected chi connectivity index (χ3v) is 3.98. The predicted molar refractivity (Wildman–Crippen MR) is 104 cm³/mol. The molecule has 0 fully saturated rings. The fourth-order valence-electron chi connectivity index (χ4n) is 2.51. The molecule has 0 saturated carbocycles. The lowest BCUT2D eigenvalue weighted by molar-refractivity contribution is -0.137. The molecule has 0 N–H and O–H groups in total. The van der Waals surface area contributed by atoms with E-state index in [2.05, 4.69) is 41.5 Å². The first-order chi connectivity index (χ1) is 12.2. The average Bonchev–Trinajstić information content (AvgIpc) is 2.53. The highest BCUT2D eigenvalue weighted by Gasteiger charge is 2.18. The standard InChI is InChI=1S/C22H34O4/c1-15(2)10-12-20(23)25-19-9-7-8-18(14-17(5)6)22(19)26-21(24)13-11-16(3)4/h7-9,15-17H,10-14H2,1-6H3. The topological polar surface area (TPSA) is 52.6 Å². The summed E-state index contributed by atoms with van der Waals surface area (Å²) in [5.74, 6) is 1.43. The number of para-hydroxylation sites is 1. The van der Waals surface area contributed by atoms with E-state index in [9.17, 15) is 9.59 Å². The van der Waals surface area contributed by atoms with Gasteiger partial charge in [-0.25, -0.2) is 0 Å². The molecule has 0 radical (unpaired) electrons. The molecule has 0 aliphatic rings. The summed E-state index contributed by atoms with van der Waals surface area (Å²) in [6.45, 7) is 12.5. The van der Waals surface area contributed by atoms with E-state index in [0.29, 0.717) is 42.1 Å². The predicted octanol–water partition coefficient (Wildman–Crippen LogP) is 5.57. The second kappa shape index (κ2) is 11.0. The molecule has 0 unspecified atom stereocenters. The van der Waals surface area contributed by atoms with Crippen LogP contribution in [0.15, 0.2) is 18.2 Å². The van der Waals surface area contributed by atoms with Crippen LogP contribution in [0.25, 0.3) is 0 Å². The quantitative estimate of drug-likeness (QED) is 0.403. The summed E-state index contributed by atoms with van der Waals surface area (Å²) in [7, 11) is 0. The van der Waals surface area contributed by atoms with Crippen molar-refractivity contribution in [3.05, 3.63) is 23.8 Å². The lowest BCUT2D eigenvalue weighted by Crippen LogP contribution is -2.14. The van der Waals surface area contributed by atoms with Gasteiger partial charge in [0.2, 0.25) is 0 Å². The van der Waals surface area contributed by atoms with Crippen LogP contribution in [0.5, 0.6) is 11.5 Å². The zero-order chi connectivity index (χ0) is 19.7. The van der Waals surface area contributed by atoms with E-state index in [-0.39, 0.29) is 11.9 Å². The molecule has 0 amide bonds. The normalized spacial score (nSPS) is 11.3. The molecule has 0 aliphatic carbocycles. The summed E-state index contributed by atoms with van der Waals surface area (Å²) in [4.78, 5) is 24.4. The Morgan fingerprint density at radius 3 is 1.85 bits per heavy atom. The van der Waals surface area contributed by atoms with Crippen LogP contribution in [0, 0.1) is 17.8 Å². The lowest BCUT2D eigenvalue weighted by Gasteiger charge is -2.16. The largest absolute Gasteiger partial charge is 0.423 e. The van der Waals surface area contributed by atoms with E-state index in [4.69, 9.17) is 9.47 Å². The van der Waals surface area contributed by atoms with E-state index < -0.39 is 0 Å². The van der Waals surface area contributed by atoms with Gasteiger partial charge in [-0.3, -0.25) is 9.59 Å². The van der Waals surface area contributed by atoms with Gasteiger partial charge >= 0.3 is 11.9 Å². The van der Waals surface area contributed by atoms with Gasteiger partial charge in [0, 0.05) is 12.8 Å². The molecule has 1 aromatic rings. The minimum Gasteiger partial charge on any atom is -0.423 e. The van der Waals surface area contributed by atoms with Crippen LogP contribution in [0.3, 0.4) is 0 Å². The molecule has 26 heavy (non-hydrogen) atoms. The van der Waals surface area contributed by atoms with Gasteiger partial charge in [0.25, 0.3) is 0 Å². The number of benzene rings is 1. The van der Waals surface area contributed by atoms with Gasteiger partial charge in [-0.05, 0) is 48.6 Å². The lowest BCUT2D eigenvalue weighted by atomic mass is 10.0. The van der Waals surface area contributed by atoms with Crippen molar-refractivity contribution in [2.24, 2.45) is 17.8 Å². The number of carbonyl (C=O) groups excluding carboxylic acids is 2. The van der Waals surface area contributed by atoms with Gasteiger partial charge in [0.05, 0.1) is 0 Å². The third-order valence-electron chi connectivity index (χ3n) is 3.98. The van der Waals surface area contributed by atoms with Crippen LogP contribution < -0.4 is 9.47 Å². The first-order valence-corrected chi connectivity index (χ1v) is 9.72. The highest BCUT2D eigenvalue weighted by Crippen LogP contribution is 2.34. The molecule has 1 rings (SSSR count). The maximum atomic E-state index is 12.2. The summed E-state index contributed by atoms with van der Waals surface area (Å²) in [6, 6.07) is 5.47. The Morgan fingerprint density at radius 2 is 1.35 bits per heavy atom. The van der Waals surface area contributed by atoms with Crippen LogP contribution in [0.1, 0.15) is 72.8 Å². The second-order valence-electron chi connectivity index (χ2n) is 8.16.